The molecule has 23 heavy (non-hydrogen) atoms. The number of hydrogen-bond acceptors (Lipinski definition) is 3. The second kappa shape index (κ2) is 7.26. The first-order chi connectivity index (χ1) is 10.9. The van der Waals surface area contributed by atoms with Crippen LogP contribution in [0.15, 0.2) is 18.2 Å². The van der Waals surface area contributed by atoms with Crippen LogP contribution in [0.25, 0.3) is 0 Å². The lowest BCUT2D eigenvalue weighted by atomic mass is 9.86. The zero-order valence-electron chi connectivity index (χ0n) is 13.4. The molecular formula is C17H22N2O4. The van der Waals surface area contributed by atoms with E-state index in [2.05, 4.69) is 10.6 Å². The van der Waals surface area contributed by atoms with E-state index >= 15 is 0 Å². The number of Topliss-reactive ketones (excluding diaryl/α,β-unsaturated/α-hetero) is 1. The largest absolute Gasteiger partial charge is 0.481 e. The summed E-state index contributed by atoms with van der Waals surface area (Å²) in [4.78, 5) is 34.3. The number of carbonyl (C=O) groups excluding carboxylic acids is 2. The Hall–Kier alpha value is -2.37. The van der Waals surface area contributed by atoms with Crippen molar-refractivity contribution in [3.63, 3.8) is 0 Å². The van der Waals surface area contributed by atoms with Crippen LogP contribution in [-0.4, -0.2) is 28.9 Å². The molecule has 0 heterocycles. The zero-order valence-corrected chi connectivity index (χ0v) is 13.4. The molecule has 0 atom stereocenters. The second-order valence-corrected chi connectivity index (χ2v) is 6.07. The highest BCUT2D eigenvalue weighted by Gasteiger charge is 2.26. The van der Waals surface area contributed by atoms with Gasteiger partial charge in [-0.2, -0.15) is 0 Å². The molecule has 0 spiro atoms. The number of hydrogen-bond donors (Lipinski definition) is 3. The van der Waals surface area contributed by atoms with Crippen LogP contribution >= 0.6 is 0 Å². The molecule has 124 valence electrons. The number of ketones is 1. The molecule has 1 aliphatic carbocycles. The van der Waals surface area contributed by atoms with E-state index in [1.54, 1.807) is 18.2 Å². The minimum atomic E-state index is -0.756. The minimum absolute atomic E-state index is 0.00295. The summed E-state index contributed by atoms with van der Waals surface area (Å²) < 4.78 is 0. The van der Waals surface area contributed by atoms with Crippen LogP contribution in [0.2, 0.25) is 0 Å². The van der Waals surface area contributed by atoms with Crippen molar-refractivity contribution in [3.8, 4) is 0 Å². The number of aliphatic carboxylic acids is 1. The highest BCUT2D eigenvalue weighted by atomic mass is 16.4. The Morgan fingerprint density at radius 3 is 2.30 bits per heavy atom. The van der Waals surface area contributed by atoms with E-state index in [1.807, 2.05) is 6.92 Å². The number of carbonyl (C=O) groups is 3. The number of benzene rings is 1. The number of aryl methyl sites for hydroxylation is 1. The molecule has 0 aromatic heterocycles. The summed E-state index contributed by atoms with van der Waals surface area (Å²) in [6.45, 7) is 3.34. The number of carboxylic acid groups (broad SMARTS) is 1. The lowest BCUT2D eigenvalue weighted by Crippen LogP contribution is -2.41. The molecule has 6 heteroatoms. The van der Waals surface area contributed by atoms with E-state index in [0.29, 0.717) is 36.9 Å². The van der Waals surface area contributed by atoms with Crippen LogP contribution in [0.1, 0.15) is 48.5 Å². The molecule has 1 aromatic rings. The van der Waals surface area contributed by atoms with Crippen LogP contribution < -0.4 is 10.6 Å². The number of urea groups is 1. The Morgan fingerprint density at radius 1 is 1.13 bits per heavy atom. The molecular weight excluding hydrogens is 296 g/mol. The molecule has 0 aliphatic heterocycles. The van der Waals surface area contributed by atoms with Crippen LogP contribution in [0.3, 0.4) is 0 Å². The fraction of sp³-hybridized carbons (Fsp3) is 0.471. The molecule has 1 aliphatic rings. The van der Waals surface area contributed by atoms with Crippen LogP contribution in [0.4, 0.5) is 10.5 Å². The van der Waals surface area contributed by atoms with Gasteiger partial charge in [0.25, 0.3) is 0 Å². The number of rotatable bonds is 4. The average Bonchev–Trinajstić information content (AvgIpc) is 2.47. The highest BCUT2D eigenvalue weighted by molar-refractivity contribution is 5.96. The minimum Gasteiger partial charge on any atom is -0.481 e. The Bertz CT molecular complexity index is 619. The number of nitrogens with one attached hydrogen (secondary N) is 2. The van der Waals surface area contributed by atoms with Gasteiger partial charge in [0, 0.05) is 17.3 Å². The molecule has 2 rings (SSSR count). The van der Waals surface area contributed by atoms with Gasteiger partial charge in [-0.05, 0) is 63.3 Å². The van der Waals surface area contributed by atoms with Crippen LogP contribution in [0, 0.1) is 12.8 Å². The molecule has 1 saturated carbocycles. The van der Waals surface area contributed by atoms with E-state index in [-0.39, 0.29) is 23.8 Å². The van der Waals surface area contributed by atoms with Gasteiger partial charge in [0.15, 0.2) is 5.78 Å². The molecule has 1 aromatic carbocycles. The zero-order chi connectivity index (χ0) is 17.0. The predicted octanol–water partition coefficient (Wildman–Crippen LogP) is 2.96. The molecule has 1 fully saturated rings. The third-order valence-electron chi connectivity index (χ3n) is 4.28. The van der Waals surface area contributed by atoms with Gasteiger partial charge in [-0.1, -0.05) is 0 Å². The highest BCUT2D eigenvalue weighted by Crippen LogP contribution is 2.24. The smallest absolute Gasteiger partial charge is 0.319 e. The summed E-state index contributed by atoms with van der Waals surface area (Å²) in [5, 5.41) is 14.6. The van der Waals surface area contributed by atoms with Crippen molar-refractivity contribution in [2.75, 3.05) is 5.32 Å². The van der Waals surface area contributed by atoms with E-state index in [9.17, 15) is 14.4 Å². The van der Waals surface area contributed by atoms with Crippen molar-refractivity contribution in [1.29, 1.82) is 0 Å². The fourth-order valence-electron chi connectivity index (χ4n) is 2.97. The summed E-state index contributed by atoms with van der Waals surface area (Å²) in [6, 6.07) is 4.86. The van der Waals surface area contributed by atoms with Crippen molar-refractivity contribution in [2.24, 2.45) is 5.92 Å². The third kappa shape index (κ3) is 4.55. The monoisotopic (exact) mass is 318 g/mol. The average molecular weight is 318 g/mol. The summed E-state index contributed by atoms with van der Waals surface area (Å²) in [5.74, 6) is -1.06. The van der Waals surface area contributed by atoms with Crippen LogP contribution in [0.5, 0.6) is 0 Å². The van der Waals surface area contributed by atoms with Gasteiger partial charge in [-0.15, -0.1) is 0 Å². The van der Waals surface area contributed by atoms with Crippen molar-refractivity contribution in [1.82, 2.24) is 5.32 Å². The van der Waals surface area contributed by atoms with E-state index in [4.69, 9.17) is 5.11 Å². The molecule has 3 N–H and O–H groups in total. The van der Waals surface area contributed by atoms with Crippen LogP contribution in [-0.2, 0) is 4.79 Å². The summed E-state index contributed by atoms with van der Waals surface area (Å²) >= 11 is 0. The maximum atomic E-state index is 12.0. The van der Waals surface area contributed by atoms with E-state index in [0.717, 1.165) is 5.56 Å². The number of amides is 2. The molecule has 2 amide bonds. The molecule has 0 bridgehead atoms. The third-order valence-corrected chi connectivity index (χ3v) is 4.28. The Balaban J connectivity index is 1.87. The Kier molecular flexibility index (Phi) is 5.36. The fourth-order valence-corrected chi connectivity index (χ4v) is 2.97. The quantitative estimate of drug-likeness (QED) is 0.744. The molecule has 6 nitrogen and oxygen atoms in total. The topological polar surface area (TPSA) is 95.5 Å². The van der Waals surface area contributed by atoms with Crippen molar-refractivity contribution >= 4 is 23.5 Å². The second-order valence-electron chi connectivity index (χ2n) is 6.07. The van der Waals surface area contributed by atoms with Gasteiger partial charge >= 0.3 is 12.0 Å². The summed E-state index contributed by atoms with van der Waals surface area (Å²) in [5.41, 5.74) is 2.09. The summed E-state index contributed by atoms with van der Waals surface area (Å²) in [7, 11) is 0. The van der Waals surface area contributed by atoms with E-state index in [1.165, 1.54) is 6.92 Å². The lowest BCUT2D eigenvalue weighted by molar-refractivity contribution is -0.142. The van der Waals surface area contributed by atoms with Gasteiger partial charge in [0.1, 0.15) is 0 Å². The lowest BCUT2D eigenvalue weighted by Gasteiger charge is -2.26. The molecule has 0 radical (unpaired) electrons. The first-order valence-electron chi connectivity index (χ1n) is 7.78. The van der Waals surface area contributed by atoms with Gasteiger partial charge in [-0.25, -0.2) is 4.79 Å². The maximum absolute atomic E-state index is 12.0. The SMILES string of the molecule is CC(=O)c1ccc(NC(=O)NC2CCC(C(=O)O)CC2)cc1C. The van der Waals surface area contributed by atoms with Gasteiger partial charge in [-0.3, -0.25) is 9.59 Å². The molecule has 0 unspecified atom stereocenters. The first-order valence-corrected chi connectivity index (χ1v) is 7.78. The number of carboxylic acids is 1. The normalized spacial score (nSPS) is 20.6. The predicted molar refractivity (Wildman–Crippen MR) is 86.7 cm³/mol. The Morgan fingerprint density at radius 2 is 1.78 bits per heavy atom. The van der Waals surface area contributed by atoms with E-state index < -0.39 is 5.97 Å². The molecule has 0 saturated heterocycles. The Labute approximate surface area is 135 Å². The number of anilines is 1. The van der Waals surface area contributed by atoms with Gasteiger partial charge in [0.05, 0.1) is 5.92 Å². The standard InChI is InChI=1S/C17H22N2O4/c1-10-9-14(7-8-15(10)11(2)20)19-17(23)18-13-5-3-12(4-6-13)16(21)22/h7-9,12-13H,3-6H2,1-2H3,(H,21,22)(H2,18,19,23). The van der Waals surface area contributed by atoms with Gasteiger partial charge < -0.3 is 15.7 Å². The first kappa shape index (κ1) is 17.0. The maximum Gasteiger partial charge on any atom is 0.319 e. The van der Waals surface area contributed by atoms with Crippen molar-refractivity contribution in [2.45, 2.75) is 45.6 Å². The van der Waals surface area contributed by atoms with Gasteiger partial charge in [0.2, 0.25) is 0 Å². The summed E-state index contributed by atoms with van der Waals surface area (Å²) in [6.07, 6.45) is 2.53. The van der Waals surface area contributed by atoms with Crippen molar-refractivity contribution in [3.05, 3.63) is 29.3 Å². The van der Waals surface area contributed by atoms with Crippen molar-refractivity contribution < 1.29 is 19.5 Å².